The van der Waals surface area contributed by atoms with E-state index in [1.807, 2.05) is 97.1 Å². The zero-order valence-electron chi connectivity index (χ0n) is 23.2. The minimum absolute atomic E-state index is 0.0631. The largest absolute Gasteiger partial charge is 0.494 e. The summed E-state index contributed by atoms with van der Waals surface area (Å²) in [5.74, 6) is 0.396. The number of carbonyl (C=O) groups is 1. The van der Waals surface area contributed by atoms with Gasteiger partial charge in [0.2, 0.25) is 5.90 Å². The first kappa shape index (κ1) is 28.8. The summed E-state index contributed by atoms with van der Waals surface area (Å²) in [7, 11) is 0. The van der Waals surface area contributed by atoms with Crippen molar-refractivity contribution in [2.75, 3.05) is 13.2 Å². The van der Waals surface area contributed by atoms with E-state index in [1.165, 1.54) is 12.1 Å². The van der Waals surface area contributed by atoms with Gasteiger partial charge in [-0.05, 0) is 53.1 Å². The Kier molecular flexibility index (Phi) is 9.41. The van der Waals surface area contributed by atoms with Gasteiger partial charge in [0.05, 0.1) is 6.61 Å². The number of aliphatic hydroxyl groups is 1. The van der Waals surface area contributed by atoms with Gasteiger partial charge in [-0.15, -0.1) is 0 Å². The molecule has 5 rings (SSSR count). The number of aliphatic imine (C=N–C) groups is 1. The quantitative estimate of drug-likeness (QED) is 0.199. The molecule has 0 saturated heterocycles. The summed E-state index contributed by atoms with van der Waals surface area (Å²) in [6.45, 7) is 0.692. The fourth-order valence-corrected chi connectivity index (χ4v) is 4.82. The van der Waals surface area contributed by atoms with Gasteiger partial charge in [-0.1, -0.05) is 84.9 Å². The molecule has 4 aromatic rings. The monoisotopic (exact) mass is 564 g/mol. The lowest BCUT2D eigenvalue weighted by Gasteiger charge is -2.29. The Hall–Kier alpha value is -4.75. The molecule has 1 aliphatic rings. The molecule has 0 aliphatic carbocycles. The van der Waals surface area contributed by atoms with Crippen LogP contribution in [0.15, 0.2) is 120 Å². The molecule has 4 aromatic carbocycles. The summed E-state index contributed by atoms with van der Waals surface area (Å²) in [6.07, 6.45) is 4.06. The highest BCUT2D eigenvalue weighted by atomic mass is 19.1. The van der Waals surface area contributed by atoms with Crippen LogP contribution >= 0.6 is 0 Å². The molecule has 0 radical (unpaired) electrons. The van der Waals surface area contributed by atoms with Crippen LogP contribution in [0.25, 0.3) is 6.08 Å². The molecule has 1 heterocycles. The predicted molar refractivity (Wildman–Crippen MR) is 162 cm³/mol. The van der Waals surface area contributed by atoms with Crippen LogP contribution in [0.4, 0.5) is 4.39 Å². The highest BCUT2D eigenvalue weighted by molar-refractivity contribution is 6.01. The number of nitrogens with one attached hydrogen (secondary N) is 1. The van der Waals surface area contributed by atoms with Crippen LogP contribution in [-0.2, 0) is 16.1 Å². The predicted octanol–water partition coefficient (Wildman–Crippen LogP) is 6.26. The number of carbonyl (C=O) groups excluding carboxylic acids is 1. The van der Waals surface area contributed by atoms with Crippen LogP contribution in [0.2, 0.25) is 0 Å². The lowest BCUT2D eigenvalue weighted by atomic mass is 9.84. The number of hydrogen-bond donors (Lipinski definition) is 2. The van der Waals surface area contributed by atoms with Crippen LogP contribution < -0.4 is 10.1 Å². The highest BCUT2D eigenvalue weighted by Crippen LogP contribution is 2.43. The Morgan fingerprint density at radius 1 is 0.952 bits per heavy atom. The van der Waals surface area contributed by atoms with Crippen LogP contribution in [0.5, 0.6) is 5.75 Å². The molecule has 6 nitrogen and oxygen atoms in total. The zero-order chi connectivity index (χ0) is 29.2. The second-order valence-corrected chi connectivity index (χ2v) is 10.0. The van der Waals surface area contributed by atoms with Gasteiger partial charge in [0.1, 0.15) is 11.6 Å². The van der Waals surface area contributed by atoms with E-state index in [9.17, 15) is 9.18 Å². The lowest BCUT2D eigenvalue weighted by molar-refractivity contribution is -0.129. The van der Waals surface area contributed by atoms with E-state index in [2.05, 4.69) is 5.32 Å². The third kappa shape index (κ3) is 6.93. The fourth-order valence-electron chi connectivity index (χ4n) is 4.82. The Morgan fingerprint density at radius 2 is 1.64 bits per heavy atom. The van der Waals surface area contributed by atoms with Crippen molar-refractivity contribution in [3.63, 3.8) is 0 Å². The molecule has 1 aliphatic heterocycles. The number of rotatable bonds is 12. The van der Waals surface area contributed by atoms with Gasteiger partial charge in [-0.2, -0.15) is 0 Å². The third-order valence-electron chi connectivity index (χ3n) is 7.04. The summed E-state index contributed by atoms with van der Waals surface area (Å²) < 4.78 is 25.7. The summed E-state index contributed by atoms with van der Waals surface area (Å²) in [4.78, 5) is 19.2. The van der Waals surface area contributed by atoms with E-state index in [1.54, 1.807) is 12.1 Å². The average Bonchev–Trinajstić information content (AvgIpc) is 3.43. The van der Waals surface area contributed by atoms with Crippen molar-refractivity contribution in [1.29, 1.82) is 0 Å². The van der Waals surface area contributed by atoms with Crippen LogP contribution in [0.1, 0.15) is 41.2 Å². The Labute approximate surface area is 245 Å². The van der Waals surface area contributed by atoms with E-state index >= 15 is 0 Å². The average molecular weight is 565 g/mol. The molecule has 42 heavy (non-hydrogen) atoms. The van der Waals surface area contributed by atoms with Crippen LogP contribution in [0, 0.1) is 5.82 Å². The SMILES string of the molecule is O=C(NCc1ccc(F)cc1)[C@]1(C/C=C/c2ccccc2)N=C(c2ccc(OCCCO)cc2)O[C@@H]1c1ccccc1. The first-order valence-corrected chi connectivity index (χ1v) is 14.0. The second-order valence-electron chi connectivity index (χ2n) is 10.0. The molecular weight excluding hydrogens is 531 g/mol. The molecule has 2 N–H and O–H groups in total. The Bertz CT molecular complexity index is 1510. The molecular formula is C35H33FN2O4. The zero-order valence-corrected chi connectivity index (χ0v) is 23.2. The van der Waals surface area contributed by atoms with Gasteiger partial charge in [0.15, 0.2) is 11.6 Å². The van der Waals surface area contributed by atoms with E-state index < -0.39 is 11.6 Å². The van der Waals surface area contributed by atoms with Gasteiger partial charge >= 0.3 is 0 Å². The molecule has 7 heteroatoms. The number of benzene rings is 4. The van der Waals surface area contributed by atoms with Crippen molar-refractivity contribution in [2.24, 2.45) is 4.99 Å². The second kappa shape index (κ2) is 13.7. The molecule has 0 unspecified atom stereocenters. The fraction of sp³-hybridized carbons (Fsp3) is 0.200. The molecule has 0 fully saturated rings. The minimum Gasteiger partial charge on any atom is -0.494 e. The molecule has 214 valence electrons. The summed E-state index contributed by atoms with van der Waals surface area (Å²) in [5.41, 5.74) is 2.01. The van der Waals surface area contributed by atoms with Gasteiger partial charge in [-0.3, -0.25) is 4.79 Å². The summed E-state index contributed by atoms with van der Waals surface area (Å²) in [6, 6.07) is 32.9. The number of nitrogens with zero attached hydrogens (tertiary/aromatic N) is 1. The molecule has 1 amide bonds. The molecule has 0 aromatic heterocycles. The lowest BCUT2D eigenvalue weighted by Crippen LogP contribution is -2.47. The molecule has 0 bridgehead atoms. The van der Waals surface area contributed by atoms with E-state index in [0.717, 1.165) is 16.7 Å². The number of ether oxygens (including phenoxy) is 2. The van der Waals surface area contributed by atoms with Crippen molar-refractivity contribution >= 4 is 17.9 Å². The molecule has 0 saturated carbocycles. The topological polar surface area (TPSA) is 80.2 Å². The van der Waals surface area contributed by atoms with Gasteiger partial charge in [-0.25, -0.2) is 9.38 Å². The van der Waals surface area contributed by atoms with Crippen molar-refractivity contribution in [3.05, 3.63) is 143 Å². The van der Waals surface area contributed by atoms with Crippen LogP contribution in [0.3, 0.4) is 0 Å². The number of halogens is 1. The third-order valence-corrected chi connectivity index (χ3v) is 7.04. The molecule has 2 atom stereocenters. The maximum atomic E-state index is 14.2. The van der Waals surface area contributed by atoms with Crippen molar-refractivity contribution < 1.29 is 23.8 Å². The Morgan fingerprint density at radius 3 is 2.33 bits per heavy atom. The van der Waals surface area contributed by atoms with E-state index in [-0.39, 0.29) is 31.3 Å². The summed E-state index contributed by atoms with van der Waals surface area (Å²) in [5, 5.41) is 12.1. The Balaban J connectivity index is 1.50. The van der Waals surface area contributed by atoms with Crippen LogP contribution in [-0.4, -0.2) is 35.7 Å². The normalized spacial score (nSPS) is 18.0. The smallest absolute Gasteiger partial charge is 0.252 e. The first-order chi connectivity index (χ1) is 20.6. The van der Waals surface area contributed by atoms with Crippen molar-refractivity contribution in [2.45, 2.75) is 31.0 Å². The summed E-state index contributed by atoms with van der Waals surface area (Å²) >= 11 is 0. The van der Waals surface area contributed by atoms with Gasteiger partial charge in [0.25, 0.3) is 5.91 Å². The van der Waals surface area contributed by atoms with E-state index in [4.69, 9.17) is 19.6 Å². The van der Waals surface area contributed by atoms with Gasteiger partial charge in [0, 0.05) is 31.6 Å². The van der Waals surface area contributed by atoms with Gasteiger partial charge < -0.3 is 19.9 Å². The number of hydrogen-bond acceptors (Lipinski definition) is 5. The standard InChI is InChI=1S/C35H33FN2O4/c36-30-18-14-27(15-19-30)25-37-34(40)35(22-7-11-26-9-3-1-4-10-26)32(28-12-5-2-6-13-28)42-33(38-35)29-16-20-31(21-17-29)41-24-8-23-39/h1-7,9-21,32,39H,8,22-25H2,(H,37,40)/b11-7+/t32-,35-/m1/s1. The maximum absolute atomic E-state index is 14.2. The van der Waals surface area contributed by atoms with E-state index in [0.29, 0.717) is 30.2 Å². The maximum Gasteiger partial charge on any atom is 0.252 e. The minimum atomic E-state index is -1.31. The first-order valence-electron chi connectivity index (χ1n) is 14.0. The van der Waals surface area contributed by atoms with Crippen molar-refractivity contribution in [1.82, 2.24) is 5.32 Å². The van der Waals surface area contributed by atoms with Crippen molar-refractivity contribution in [3.8, 4) is 5.75 Å². The highest BCUT2D eigenvalue weighted by Gasteiger charge is 2.52. The molecule has 0 spiro atoms. The number of aliphatic hydroxyl groups excluding tert-OH is 1. The number of amides is 1.